The molecule has 1 aliphatic carbocycles. The van der Waals surface area contributed by atoms with E-state index >= 15 is 0 Å². The topological polar surface area (TPSA) is 63.6 Å². The van der Waals surface area contributed by atoms with E-state index in [1.165, 1.54) is 13.2 Å². The van der Waals surface area contributed by atoms with Gasteiger partial charge in [0.25, 0.3) is 0 Å². The van der Waals surface area contributed by atoms with Gasteiger partial charge in [0, 0.05) is 11.5 Å². The summed E-state index contributed by atoms with van der Waals surface area (Å²) in [5, 5.41) is 9.11. The number of rotatable bonds is 4. The van der Waals surface area contributed by atoms with E-state index in [2.05, 4.69) is 0 Å². The van der Waals surface area contributed by atoms with Crippen LogP contribution >= 0.6 is 11.6 Å². The molecule has 1 aromatic rings. The number of hydrogen-bond donors (Lipinski definition) is 1. The second-order valence-electron chi connectivity index (χ2n) is 4.00. The highest BCUT2D eigenvalue weighted by Gasteiger charge is 2.48. The van der Waals surface area contributed by atoms with Crippen molar-refractivity contribution in [2.24, 2.45) is 11.8 Å². The lowest BCUT2D eigenvalue weighted by Gasteiger charge is -2.05. The number of Topliss-reactive ketones (excluding diaryl/α,β-unsaturated/α-hetero) is 1. The summed E-state index contributed by atoms with van der Waals surface area (Å²) in [6.07, 6.45) is 0.414. The first-order valence-corrected chi connectivity index (χ1v) is 5.53. The molecule has 1 aromatic carbocycles. The van der Waals surface area contributed by atoms with Crippen LogP contribution in [0.3, 0.4) is 0 Å². The molecular weight excluding hydrogens is 244 g/mol. The molecule has 0 bridgehead atoms. The Morgan fingerprint density at radius 1 is 1.41 bits per heavy atom. The Labute approximate surface area is 103 Å². The van der Waals surface area contributed by atoms with E-state index in [9.17, 15) is 9.59 Å². The van der Waals surface area contributed by atoms with Crippen molar-refractivity contribution >= 4 is 23.4 Å². The molecule has 0 aliphatic heterocycles. The van der Waals surface area contributed by atoms with Crippen LogP contribution in [0, 0.1) is 11.8 Å². The minimum Gasteiger partial charge on any atom is -0.495 e. The maximum absolute atomic E-state index is 11.9. The standard InChI is InChI=1S/C12H11ClO4/c1-17-10-3-2-6(4-9(10)13)11(14)7-5-8(7)12(15)16/h2-4,7-8H,5H2,1H3,(H,15,16). The molecule has 4 nitrogen and oxygen atoms in total. The Bertz CT molecular complexity index is 483. The number of aliphatic carboxylic acids is 1. The monoisotopic (exact) mass is 254 g/mol. The van der Waals surface area contributed by atoms with Crippen molar-refractivity contribution in [3.8, 4) is 5.75 Å². The number of methoxy groups -OCH3 is 1. The van der Waals surface area contributed by atoms with E-state index in [1.54, 1.807) is 12.1 Å². The first kappa shape index (κ1) is 11.9. The van der Waals surface area contributed by atoms with Gasteiger partial charge in [-0.3, -0.25) is 9.59 Å². The van der Waals surface area contributed by atoms with Crippen LogP contribution < -0.4 is 4.74 Å². The molecule has 5 heteroatoms. The zero-order chi connectivity index (χ0) is 12.6. The molecule has 0 saturated heterocycles. The zero-order valence-corrected chi connectivity index (χ0v) is 9.90. The fraction of sp³-hybridized carbons (Fsp3) is 0.333. The number of hydrogen-bond acceptors (Lipinski definition) is 3. The average Bonchev–Trinajstić information content (AvgIpc) is 3.08. The van der Waals surface area contributed by atoms with Crippen molar-refractivity contribution in [1.82, 2.24) is 0 Å². The molecular formula is C12H11ClO4. The zero-order valence-electron chi connectivity index (χ0n) is 9.14. The first-order chi connectivity index (χ1) is 8.04. The van der Waals surface area contributed by atoms with Gasteiger partial charge in [-0.05, 0) is 24.6 Å². The molecule has 1 saturated carbocycles. The summed E-state index contributed by atoms with van der Waals surface area (Å²) in [4.78, 5) is 22.6. The highest BCUT2D eigenvalue weighted by Crippen LogP contribution is 2.41. The van der Waals surface area contributed by atoms with Crippen LogP contribution in [0.4, 0.5) is 0 Å². The van der Waals surface area contributed by atoms with Gasteiger partial charge in [0.1, 0.15) is 5.75 Å². The van der Waals surface area contributed by atoms with Gasteiger partial charge in [-0.2, -0.15) is 0 Å². The van der Waals surface area contributed by atoms with Crippen molar-refractivity contribution in [3.05, 3.63) is 28.8 Å². The van der Waals surface area contributed by atoms with Gasteiger partial charge in [0.05, 0.1) is 18.1 Å². The summed E-state index contributed by atoms with van der Waals surface area (Å²) in [6.45, 7) is 0. The number of carbonyl (C=O) groups is 2. The highest BCUT2D eigenvalue weighted by molar-refractivity contribution is 6.32. The third-order valence-corrected chi connectivity index (χ3v) is 3.18. The molecule has 2 unspecified atom stereocenters. The summed E-state index contributed by atoms with van der Waals surface area (Å²) in [5.74, 6) is -1.53. The highest BCUT2D eigenvalue weighted by atomic mass is 35.5. The summed E-state index contributed by atoms with van der Waals surface area (Å²) in [5.41, 5.74) is 0.435. The quantitative estimate of drug-likeness (QED) is 0.837. The van der Waals surface area contributed by atoms with Gasteiger partial charge in [-0.1, -0.05) is 11.6 Å². The Kier molecular flexibility index (Phi) is 3.07. The minimum atomic E-state index is -0.914. The van der Waals surface area contributed by atoms with Crippen LogP contribution in [0.5, 0.6) is 5.75 Å². The van der Waals surface area contributed by atoms with Crippen LogP contribution in [-0.2, 0) is 4.79 Å². The number of carbonyl (C=O) groups excluding carboxylic acids is 1. The largest absolute Gasteiger partial charge is 0.495 e. The summed E-state index contributed by atoms with van der Waals surface area (Å²) in [7, 11) is 1.49. The Morgan fingerprint density at radius 3 is 2.59 bits per heavy atom. The Hall–Kier alpha value is -1.55. The second kappa shape index (κ2) is 4.37. The normalized spacial score (nSPS) is 22.0. The third-order valence-electron chi connectivity index (χ3n) is 2.88. The number of carboxylic acid groups (broad SMARTS) is 1. The SMILES string of the molecule is COc1ccc(C(=O)C2CC2C(=O)O)cc1Cl. The average molecular weight is 255 g/mol. The molecule has 1 fully saturated rings. The number of carboxylic acids is 1. The molecule has 90 valence electrons. The van der Waals surface area contributed by atoms with Crippen molar-refractivity contribution in [1.29, 1.82) is 0 Å². The molecule has 0 heterocycles. The summed E-state index contributed by atoms with van der Waals surface area (Å²) in [6, 6.07) is 4.72. The Balaban J connectivity index is 2.16. The second-order valence-corrected chi connectivity index (χ2v) is 4.41. The van der Waals surface area contributed by atoms with Gasteiger partial charge in [-0.25, -0.2) is 0 Å². The molecule has 1 aliphatic rings. The van der Waals surface area contributed by atoms with E-state index in [-0.39, 0.29) is 5.78 Å². The van der Waals surface area contributed by atoms with Gasteiger partial charge in [0.15, 0.2) is 5.78 Å². The number of ketones is 1. The third kappa shape index (κ3) is 2.26. The number of halogens is 1. The van der Waals surface area contributed by atoms with E-state index in [4.69, 9.17) is 21.4 Å². The van der Waals surface area contributed by atoms with Crippen molar-refractivity contribution in [2.45, 2.75) is 6.42 Å². The van der Waals surface area contributed by atoms with Gasteiger partial charge in [0.2, 0.25) is 0 Å². The van der Waals surface area contributed by atoms with E-state index in [0.29, 0.717) is 22.8 Å². The number of benzene rings is 1. The van der Waals surface area contributed by atoms with Gasteiger partial charge < -0.3 is 9.84 Å². The lowest BCUT2D eigenvalue weighted by molar-refractivity contribution is -0.138. The number of ether oxygens (including phenoxy) is 1. The maximum Gasteiger partial charge on any atom is 0.307 e. The van der Waals surface area contributed by atoms with Crippen molar-refractivity contribution in [2.75, 3.05) is 7.11 Å². The van der Waals surface area contributed by atoms with Crippen molar-refractivity contribution < 1.29 is 19.4 Å². The molecule has 2 rings (SSSR count). The molecule has 0 amide bonds. The van der Waals surface area contributed by atoms with E-state index in [0.717, 1.165) is 0 Å². The molecule has 0 aromatic heterocycles. The Morgan fingerprint density at radius 2 is 2.12 bits per heavy atom. The van der Waals surface area contributed by atoms with Gasteiger partial charge >= 0.3 is 5.97 Å². The van der Waals surface area contributed by atoms with Gasteiger partial charge in [-0.15, -0.1) is 0 Å². The van der Waals surface area contributed by atoms with Crippen molar-refractivity contribution in [3.63, 3.8) is 0 Å². The first-order valence-electron chi connectivity index (χ1n) is 5.15. The molecule has 0 radical (unpaired) electrons. The van der Waals surface area contributed by atoms with Crippen LogP contribution in [-0.4, -0.2) is 24.0 Å². The smallest absolute Gasteiger partial charge is 0.307 e. The fourth-order valence-corrected chi connectivity index (χ4v) is 2.05. The van der Waals surface area contributed by atoms with Crippen LogP contribution in [0.2, 0.25) is 5.02 Å². The molecule has 1 N–H and O–H groups in total. The predicted molar refractivity (Wildman–Crippen MR) is 61.6 cm³/mol. The van der Waals surface area contributed by atoms with Crippen LogP contribution in [0.1, 0.15) is 16.8 Å². The predicted octanol–water partition coefficient (Wildman–Crippen LogP) is 2.25. The van der Waals surface area contributed by atoms with E-state index < -0.39 is 17.8 Å². The van der Waals surface area contributed by atoms with Crippen LogP contribution in [0.15, 0.2) is 18.2 Å². The summed E-state index contributed by atoms with van der Waals surface area (Å²) >= 11 is 5.90. The lowest BCUT2D eigenvalue weighted by Crippen LogP contribution is -2.08. The van der Waals surface area contributed by atoms with Crippen LogP contribution in [0.25, 0.3) is 0 Å². The molecule has 2 atom stereocenters. The lowest BCUT2D eigenvalue weighted by atomic mass is 10.1. The molecule has 0 spiro atoms. The minimum absolute atomic E-state index is 0.165. The van der Waals surface area contributed by atoms with E-state index in [1.807, 2.05) is 0 Å². The molecule has 17 heavy (non-hydrogen) atoms. The maximum atomic E-state index is 11.9. The summed E-state index contributed by atoms with van der Waals surface area (Å²) < 4.78 is 4.98. The fourth-order valence-electron chi connectivity index (χ4n) is 1.79.